The molecule has 0 saturated heterocycles. The molecule has 0 aromatic carbocycles. The van der Waals surface area contributed by atoms with Crippen LogP contribution in [-0.2, 0) is 6.54 Å². The molecule has 15 heavy (non-hydrogen) atoms. The molecule has 0 saturated carbocycles. The van der Waals surface area contributed by atoms with Crippen LogP contribution in [0.2, 0.25) is 0 Å². The van der Waals surface area contributed by atoms with E-state index in [1.54, 1.807) is 17.7 Å². The zero-order chi connectivity index (χ0) is 10.8. The van der Waals surface area contributed by atoms with Gasteiger partial charge in [-0.05, 0) is 19.9 Å². The maximum atomic E-state index is 13.1. The van der Waals surface area contributed by atoms with Crippen LogP contribution in [0.4, 0.5) is 4.39 Å². The summed E-state index contributed by atoms with van der Waals surface area (Å²) < 4.78 is 14.8. The van der Waals surface area contributed by atoms with Gasteiger partial charge in [0.2, 0.25) is 5.95 Å². The lowest BCUT2D eigenvalue weighted by Gasteiger charge is -2.03. The van der Waals surface area contributed by atoms with Gasteiger partial charge in [0.15, 0.2) is 5.82 Å². The minimum Gasteiger partial charge on any atom is -0.246 e. The fraction of sp³-hybridized carbons (Fsp3) is 0.300. The lowest BCUT2D eigenvalue weighted by Crippen LogP contribution is -2.00. The number of aryl methyl sites for hydroxylation is 2. The second-order valence-electron chi connectivity index (χ2n) is 3.22. The standard InChI is InChI=1S/C10H11FN4/c1-3-15-10(12-6-13-15)8-4-7(2)14-9(11)5-8/h4-6H,3H2,1-2H3. The van der Waals surface area contributed by atoms with Crippen LogP contribution >= 0.6 is 0 Å². The van der Waals surface area contributed by atoms with Crippen LogP contribution in [0.25, 0.3) is 11.4 Å². The smallest absolute Gasteiger partial charge is 0.213 e. The second kappa shape index (κ2) is 3.76. The minimum atomic E-state index is -0.490. The summed E-state index contributed by atoms with van der Waals surface area (Å²) in [5.74, 6) is 0.178. The monoisotopic (exact) mass is 206 g/mol. The van der Waals surface area contributed by atoms with E-state index in [2.05, 4.69) is 15.1 Å². The van der Waals surface area contributed by atoms with Gasteiger partial charge in [-0.2, -0.15) is 9.49 Å². The first-order valence-corrected chi connectivity index (χ1v) is 4.73. The Hall–Kier alpha value is -1.78. The van der Waals surface area contributed by atoms with Crippen molar-refractivity contribution < 1.29 is 4.39 Å². The van der Waals surface area contributed by atoms with Crippen molar-refractivity contribution in [1.82, 2.24) is 19.7 Å². The van der Waals surface area contributed by atoms with E-state index in [9.17, 15) is 4.39 Å². The lowest BCUT2D eigenvalue weighted by atomic mass is 10.2. The second-order valence-corrected chi connectivity index (χ2v) is 3.22. The first-order chi connectivity index (χ1) is 7.20. The quantitative estimate of drug-likeness (QED) is 0.704. The van der Waals surface area contributed by atoms with Gasteiger partial charge in [-0.3, -0.25) is 0 Å². The van der Waals surface area contributed by atoms with E-state index in [0.29, 0.717) is 23.6 Å². The topological polar surface area (TPSA) is 43.6 Å². The molecule has 0 aliphatic carbocycles. The van der Waals surface area contributed by atoms with E-state index in [-0.39, 0.29) is 0 Å². The van der Waals surface area contributed by atoms with Crippen LogP contribution in [0.3, 0.4) is 0 Å². The molecule has 0 aliphatic heterocycles. The molecule has 0 bridgehead atoms. The van der Waals surface area contributed by atoms with Crippen molar-refractivity contribution in [2.45, 2.75) is 20.4 Å². The predicted octanol–water partition coefficient (Wildman–Crippen LogP) is 1.81. The van der Waals surface area contributed by atoms with E-state index >= 15 is 0 Å². The summed E-state index contributed by atoms with van der Waals surface area (Å²) in [5.41, 5.74) is 1.34. The van der Waals surface area contributed by atoms with E-state index < -0.39 is 5.95 Å². The first kappa shape index (κ1) is 9.76. The molecule has 0 amide bonds. The van der Waals surface area contributed by atoms with Gasteiger partial charge in [0, 0.05) is 23.9 Å². The fourth-order valence-corrected chi connectivity index (χ4v) is 1.48. The summed E-state index contributed by atoms with van der Waals surface area (Å²) in [6, 6.07) is 3.16. The maximum absolute atomic E-state index is 13.1. The number of halogens is 1. The summed E-state index contributed by atoms with van der Waals surface area (Å²) in [6.07, 6.45) is 1.46. The van der Waals surface area contributed by atoms with Crippen LogP contribution in [0.1, 0.15) is 12.6 Å². The molecule has 0 N–H and O–H groups in total. The van der Waals surface area contributed by atoms with Crippen LogP contribution in [0, 0.1) is 12.9 Å². The average molecular weight is 206 g/mol. The highest BCUT2D eigenvalue weighted by molar-refractivity contribution is 5.54. The highest BCUT2D eigenvalue weighted by Gasteiger charge is 2.08. The van der Waals surface area contributed by atoms with E-state index in [4.69, 9.17) is 0 Å². The molecule has 78 valence electrons. The highest BCUT2D eigenvalue weighted by atomic mass is 19.1. The van der Waals surface area contributed by atoms with Gasteiger partial charge in [-0.1, -0.05) is 0 Å². The number of aromatic nitrogens is 4. The molecule has 2 aromatic rings. The largest absolute Gasteiger partial charge is 0.246 e. The Labute approximate surface area is 86.8 Å². The van der Waals surface area contributed by atoms with Crippen molar-refractivity contribution in [3.05, 3.63) is 30.1 Å². The van der Waals surface area contributed by atoms with E-state index in [1.807, 2.05) is 6.92 Å². The Kier molecular flexibility index (Phi) is 2.45. The van der Waals surface area contributed by atoms with Crippen molar-refractivity contribution in [2.75, 3.05) is 0 Å². The van der Waals surface area contributed by atoms with Crippen molar-refractivity contribution >= 4 is 0 Å². The highest BCUT2D eigenvalue weighted by Crippen LogP contribution is 2.17. The summed E-state index contributed by atoms with van der Waals surface area (Å²) >= 11 is 0. The number of hydrogen-bond acceptors (Lipinski definition) is 3. The third kappa shape index (κ3) is 1.86. The summed E-state index contributed by atoms with van der Waals surface area (Å²) in [6.45, 7) is 4.42. The predicted molar refractivity (Wildman–Crippen MR) is 53.6 cm³/mol. The number of pyridine rings is 1. The van der Waals surface area contributed by atoms with Gasteiger partial charge in [-0.15, -0.1) is 0 Å². The lowest BCUT2D eigenvalue weighted by molar-refractivity contribution is 0.580. The van der Waals surface area contributed by atoms with Gasteiger partial charge in [-0.25, -0.2) is 14.6 Å². The normalized spacial score (nSPS) is 10.6. The zero-order valence-electron chi connectivity index (χ0n) is 8.61. The van der Waals surface area contributed by atoms with Crippen molar-refractivity contribution in [3.63, 3.8) is 0 Å². The molecular formula is C10H11FN4. The summed E-state index contributed by atoms with van der Waals surface area (Å²) in [7, 11) is 0. The third-order valence-corrected chi connectivity index (χ3v) is 2.10. The molecule has 0 aliphatic rings. The Morgan fingerprint density at radius 2 is 2.20 bits per heavy atom. The van der Waals surface area contributed by atoms with Crippen LogP contribution in [-0.4, -0.2) is 19.7 Å². The molecule has 2 rings (SSSR count). The summed E-state index contributed by atoms with van der Waals surface area (Å²) in [5, 5.41) is 4.03. The Morgan fingerprint density at radius 1 is 1.40 bits per heavy atom. The number of rotatable bonds is 2. The molecule has 0 atom stereocenters. The molecule has 0 fully saturated rings. The van der Waals surface area contributed by atoms with Crippen molar-refractivity contribution in [1.29, 1.82) is 0 Å². The average Bonchev–Trinajstić information content (AvgIpc) is 2.63. The zero-order valence-corrected chi connectivity index (χ0v) is 8.61. The molecule has 0 radical (unpaired) electrons. The third-order valence-electron chi connectivity index (χ3n) is 2.10. The van der Waals surface area contributed by atoms with Crippen LogP contribution in [0.15, 0.2) is 18.5 Å². The Balaban J connectivity index is 2.53. The van der Waals surface area contributed by atoms with Gasteiger partial charge in [0.05, 0.1) is 0 Å². The molecular weight excluding hydrogens is 195 g/mol. The van der Waals surface area contributed by atoms with E-state index in [0.717, 1.165) is 0 Å². The molecule has 2 aromatic heterocycles. The Bertz CT molecular complexity index is 458. The van der Waals surface area contributed by atoms with Gasteiger partial charge in [0.25, 0.3) is 0 Å². The SMILES string of the molecule is CCn1ncnc1-c1cc(C)nc(F)c1. The first-order valence-electron chi connectivity index (χ1n) is 4.73. The molecule has 0 spiro atoms. The van der Waals surface area contributed by atoms with Crippen molar-refractivity contribution in [3.8, 4) is 11.4 Å². The van der Waals surface area contributed by atoms with Crippen LogP contribution in [0.5, 0.6) is 0 Å². The van der Waals surface area contributed by atoms with E-state index in [1.165, 1.54) is 12.4 Å². The molecule has 5 heteroatoms. The number of hydrogen-bond donors (Lipinski definition) is 0. The number of nitrogens with zero attached hydrogens (tertiary/aromatic N) is 4. The summed E-state index contributed by atoms with van der Waals surface area (Å²) in [4.78, 5) is 7.77. The van der Waals surface area contributed by atoms with Gasteiger partial charge < -0.3 is 0 Å². The minimum absolute atomic E-state index is 0.490. The van der Waals surface area contributed by atoms with Crippen molar-refractivity contribution in [2.24, 2.45) is 0 Å². The maximum Gasteiger partial charge on any atom is 0.213 e. The Morgan fingerprint density at radius 3 is 2.87 bits per heavy atom. The fourth-order valence-electron chi connectivity index (χ4n) is 1.48. The molecule has 4 nitrogen and oxygen atoms in total. The van der Waals surface area contributed by atoms with Crippen LogP contribution < -0.4 is 0 Å². The molecule has 2 heterocycles. The molecule has 0 unspecified atom stereocenters. The van der Waals surface area contributed by atoms with Gasteiger partial charge in [0.1, 0.15) is 6.33 Å². The van der Waals surface area contributed by atoms with Gasteiger partial charge >= 0.3 is 0 Å².